The summed E-state index contributed by atoms with van der Waals surface area (Å²) < 4.78 is 13.8. The van der Waals surface area contributed by atoms with E-state index < -0.39 is 0 Å². The summed E-state index contributed by atoms with van der Waals surface area (Å²) in [5, 5.41) is 19.1. The topological polar surface area (TPSA) is 70.3 Å². The average molecular weight is 551 g/mol. The molecular formula is C33H35FN6O. The summed E-state index contributed by atoms with van der Waals surface area (Å²) in [5.74, 6) is 0.758. The molecule has 7 nitrogen and oxygen atoms in total. The molecule has 0 spiro atoms. The Balaban J connectivity index is 1.29. The van der Waals surface area contributed by atoms with Crippen LogP contribution in [-0.4, -0.2) is 69.8 Å². The first-order chi connectivity index (χ1) is 20.1. The quantitative estimate of drug-likeness (QED) is 0.336. The molecule has 0 bridgehead atoms. The molecule has 41 heavy (non-hydrogen) atoms. The summed E-state index contributed by atoms with van der Waals surface area (Å²) in [5.41, 5.74) is 9.36. The fourth-order valence-corrected chi connectivity index (χ4v) is 6.26. The smallest absolute Gasteiger partial charge is 0.123 e. The number of nitrogens with zero attached hydrogens (tertiary/aromatic N) is 6. The van der Waals surface area contributed by atoms with Crippen LogP contribution in [0.2, 0.25) is 0 Å². The van der Waals surface area contributed by atoms with Gasteiger partial charge in [0.05, 0.1) is 12.2 Å². The van der Waals surface area contributed by atoms with E-state index in [0.717, 1.165) is 67.1 Å². The van der Waals surface area contributed by atoms with Gasteiger partial charge in [-0.1, -0.05) is 12.1 Å². The SMILES string of the molecule is CN1CCN(c2ccc(C3=Cc4c(-c5nn(CCCO)nc5-c5ccc(F)cc5)ccnc4C4C[C@H]4C3)cc2)CC1. The molecule has 3 heterocycles. The fourth-order valence-electron chi connectivity index (χ4n) is 6.26. The van der Waals surface area contributed by atoms with Crippen molar-refractivity contribution in [3.63, 3.8) is 0 Å². The van der Waals surface area contributed by atoms with Crippen molar-refractivity contribution >= 4 is 17.3 Å². The minimum absolute atomic E-state index is 0.0656. The molecule has 0 amide bonds. The summed E-state index contributed by atoms with van der Waals surface area (Å²) in [4.78, 5) is 11.4. The predicted molar refractivity (Wildman–Crippen MR) is 160 cm³/mol. The van der Waals surface area contributed by atoms with Gasteiger partial charge in [0, 0.05) is 67.3 Å². The number of benzene rings is 2. The summed E-state index contributed by atoms with van der Waals surface area (Å²) in [6.07, 6.45) is 6.93. The zero-order chi connectivity index (χ0) is 27.9. The van der Waals surface area contributed by atoms with Crippen molar-refractivity contribution in [2.75, 3.05) is 44.7 Å². The van der Waals surface area contributed by atoms with Gasteiger partial charge in [0.1, 0.15) is 17.2 Å². The third-order valence-electron chi connectivity index (χ3n) is 8.75. The van der Waals surface area contributed by atoms with E-state index in [9.17, 15) is 9.50 Å². The molecule has 210 valence electrons. The molecule has 2 atom stereocenters. The van der Waals surface area contributed by atoms with Gasteiger partial charge in [-0.05, 0) is 91.9 Å². The Hall–Kier alpha value is -3.88. The van der Waals surface area contributed by atoms with Crippen molar-refractivity contribution in [1.82, 2.24) is 24.9 Å². The molecule has 4 aromatic rings. The minimum atomic E-state index is -0.285. The number of hydrogen-bond acceptors (Lipinski definition) is 6. The van der Waals surface area contributed by atoms with Crippen LogP contribution in [0.15, 0.2) is 60.8 Å². The number of aliphatic hydroxyl groups is 1. The van der Waals surface area contributed by atoms with Gasteiger partial charge in [-0.3, -0.25) is 4.98 Å². The van der Waals surface area contributed by atoms with E-state index in [0.29, 0.717) is 30.5 Å². The first kappa shape index (κ1) is 26.0. The van der Waals surface area contributed by atoms with Crippen LogP contribution in [-0.2, 0) is 6.54 Å². The number of aromatic nitrogens is 4. The van der Waals surface area contributed by atoms with Crippen molar-refractivity contribution in [1.29, 1.82) is 0 Å². The van der Waals surface area contributed by atoms with Gasteiger partial charge in [0.15, 0.2) is 0 Å². The van der Waals surface area contributed by atoms with Crippen LogP contribution in [0.5, 0.6) is 0 Å². The maximum absolute atomic E-state index is 13.8. The second-order valence-electron chi connectivity index (χ2n) is 11.5. The van der Waals surface area contributed by atoms with Crippen molar-refractivity contribution in [2.24, 2.45) is 5.92 Å². The summed E-state index contributed by atoms with van der Waals surface area (Å²) in [7, 11) is 2.18. The lowest BCUT2D eigenvalue weighted by Gasteiger charge is -2.34. The van der Waals surface area contributed by atoms with Crippen LogP contribution in [0.25, 0.3) is 34.2 Å². The third-order valence-corrected chi connectivity index (χ3v) is 8.75. The Bertz CT molecular complexity index is 1570. The molecule has 0 radical (unpaired) electrons. The van der Waals surface area contributed by atoms with Gasteiger partial charge in [-0.25, -0.2) is 4.39 Å². The lowest BCUT2D eigenvalue weighted by Crippen LogP contribution is -2.44. The molecule has 8 heteroatoms. The second kappa shape index (κ2) is 10.8. The average Bonchev–Trinajstić information content (AvgIpc) is 3.67. The number of piperazine rings is 1. The Morgan fingerprint density at radius 3 is 2.39 bits per heavy atom. The Morgan fingerprint density at radius 2 is 1.63 bits per heavy atom. The molecule has 3 aliphatic rings. The van der Waals surface area contributed by atoms with Gasteiger partial charge in [0.25, 0.3) is 0 Å². The first-order valence-corrected chi connectivity index (χ1v) is 14.6. The Morgan fingerprint density at radius 1 is 0.902 bits per heavy atom. The number of allylic oxidation sites excluding steroid dienone is 1. The number of aliphatic hydroxyl groups excluding tert-OH is 1. The normalized spacial score (nSPS) is 20.3. The van der Waals surface area contributed by atoms with Crippen LogP contribution >= 0.6 is 0 Å². The highest BCUT2D eigenvalue weighted by molar-refractivity contribution is 5.91. The minimum Gasteiger partial charge on any atom is -0.396 e. The van der Waals surface area contributed by atoms with Crippen molar-refractivity contribution in [3.05, 3.63) is 83.4 Å². The predicted octanol–water partition coefficient (Wildman–Crippen LogP) is 5.33. The van der Waals surface area contributed by atoms with Gasteiger partial charge < -0.3 is 14.9 Å². The second-order valence-corrected chi connectivity index (χ2v) is 11.5. The van der Waals surface area contributed by atoms with E-state index in [1.165, 1.54) is 29.0 Å². The molecule has 1 saturated heterocycles. The van der Waals surface area contributed by atoms with E-state index in [-0.39, 0.29) is 12.4 Å². The number of halogens is 1. The Kier molecular flexibility index (Phi) is 6.88. The molecule has 2 aromatic carbocycles. The monoisotopic (exact) mass is 550 g/mol. The Labute approximate surface area is 239 Å². The first-order valence-electron chi connectivity index (χ1n) is 14.6. The maximum Gasteiger partial charge on any atom is 0.123 e. The molecule has 7 rings (SSSR count). The summed E-state index contributed by atoms with van der Waals surface area (Å²) in [6, 6.07) is 17.5. The number of aryl methyl sites for hydroxylation is 1. The fraction of sp³-hybridized carbons (Fsp3) is 0.364. The van der Waals surface area contributed by atoms with Gasteiger partial charge in [-0.15, -0.1) is 0 Å². The van der Waals surface area contributed by atoms with Crippen LogP contribution in [0, 0.1) is 11.7 Å². The number of pyridine rings is 1. The zero-order valence-corrected chi connectivity index (χ0v) is 23.4. The standard InChI is InChI=1S/C33H35FN6O/c1-38-14-16-39(17-15-38)27-9-5-22(6-10-27)24-19-25-21-29(25)32-30(20-24)28(11-12-35-32)33-31(23-3-7-26(34)8-4-23)36-40(37-33)13-2-18-41/h3-12,20,25,29,41H,2,13-19,21H2,1H3/t25-,29?/m1/s1. The third kappa shape index (κ3) is 5.18. The number of hydrogen-bond donors (Lipinski definition) is 1. The zero-order valence-electron chi connectivity index (χ0n) is 23.4. The molecule has 2 aliphatic carbocycles. The lowest BCUT2D eigenvalue weighted by molar-refractivity contribution is 0.273. The van der Waals surface area contributed by atoms with Gasteiger partial charge in [0.2, 0.25) is 0 Å². The summed E-state index contributed by atoms with van der Waals surface area (Å²) >= 11 is 0. The van der Waals surface area contributed by atoms with Crippen LogP contribution < -0.4 is 4.90 Å². The highest BCUT2D eigenvalue weighted by Gasteiger charge is 2.43. The molecule has 1 saturated carbocycles. The van der Waals surface area contributed by atoms with Crippen molar-refractivity contribution in [2.45, 2.75) is 31.7 Å². The van der Waals surface area contributed by atoms with Crippen LogP contribution in [0.3, 0.4) is 0 Å². The molecule has 1 N–H and O–H groups in total. The van der Waals surface area contributed by atoms with Gasteiger partial charge >= 0.3 is 0 Å². The van der Waals surface area contributed by atoms with Crippen LogP contribution in [0.1, 0.15) is 42.0 Å². The van der Waals surface area contributed by atoms with Crippen molar-refractivity contribution in [3.8, 4) is 22.5 Å². The number of rotatable bonds is 7. The van der Waals surface area contributed by atoms with E-state index >= 15 is 0 Å². The largest absolute Gasteiger partial charge is 0.396 e. The molecule has 1 aliphatic heterocycles. The van der Waals surface area contributed by atoms with E-state index in [1.807, 2.05) is 12.3 Å². The van der Waals surface area contributed by atoms with E-state index in [4.69, 9.17) is 15.2 Å². The summed E-state index contributed by atoms with van der Waals surface area (Å²) in [6.45, 7) is 4.86. The van der Waals surface area contributed by atoms with E-state index in [2.05, 4.69) is 47.2 Å². The van der Waals surface area contributed by atoms with Crippen LogP contribution in [0.4, 0.5) is 10.1 Å². The van der Waals surface area contributed by atoms with E-state index in [1.54, 1.807) is 16.9 Å². The molecule has 2 aromatic heterocycles. The van der Waals surface area contributed by atoms with Gasteiger partial charge in [-0.2, -0.15) is 15.0 Å². The number of likely N-dealkylation sites (N-methyl/N-ethyl adjacent to an activating group) is 1. The lowest BCUT2D eigenvalue weighted by atomic mass is 9.95. The number of anilines is 1. The highest BCUT2D eigenvalue weighted by Crippen LogP contribution is 2.56. The molecule has 1 unspecified atom stereocenters. The number of fused-ring (bicyclic) bond motifs is 3. The van der Waals surface area contributed by atoms with Crippen molar-refractivity contribution < 1.29 is 9.50 Å². The molecule has 2 fully saturated rings. The highest BCUT2D eigenvalue weighted by atomic mass is 19.1. The maximum atomic E-state index is 13.8. The molecular weight excluding hydrogens is 515 g/mol.